The lowest BCUT2D eigenvalue weighted by molar-refractivity contribution is -0.137. The van der Waals surface area contributed by atoms with Crippen LogP contribution in [0.1, 0.15) is 6.92 Å². The van der Waals surface area contributed by atoms with E-state index in [2.05, 4.69) is 6.58 Å². The average Bonchev–Trinajstić information content (AvgIpc) is 1.84. The van der Waals surface area contributed by atoms with Gasteiger partial charge in [-0.1, -0.05) is 6.58 Å². The molecule has 0 amide bonds. The van der Waals surface area contributed by atoms with Gasteiger partial charge in [-0.3, -0.25) is 9.69 Å². The molecule has 13 heavy (non-hydrogen) atoms. The fraction of sp³-hybridized carbons (Fsp3) is 0.500. The van der Waals surface area contributed by atoms with Crippen molar-refractivity contribution in [1.82, 2.24) is 4.90 Å². The molecule has 0 aromatic carbocycles. The molecule has 0 spiro atoms. The second-order valence-corrected chi connectivity index (χ2v) is 2.72. The van der Waals surface area contributed by atoms with Crippen LogP contribution in [0.25, 0.3) is 0 Å². The third-order valence-corrected chi connectivity index (χ3v) is 0.817. The molecule has 0 unspecified atom stereocenters. The van der Waals surface area contributed by atoms with Crippen LogP contribution in [-0.4, -0.2) is 47.7 Å². The molecule has 0 saturated heterocycles. The normalized spacial score (nSPS) is 8.62. The van der Waals surface area contributed by atoms with Crippen molar-refractivity contribution in [2.45, 2.75) is 6.92 Å². The predicted molar refractivity (Wildman–Crippen MR) is 48.6 cm³/mol. The van der Waals surface area contributed by atoms with Gasteiger partial charge in [-0.2, -0.15) is 0 Å². The minimum atomic E-state index is -0.935. The number of rotatable bonds is 3. The number of likely N-dealkylation sites (N-methyl/N-ethyl adjacent to an activating group) is 1. The molecule has 0 heterocycles. The molecule has 0 rings (SSSR count). The van der Waals surface area contributed by atoms with Gasteiger partial charge in [0, 0.05) is 5.57 Å². The van der Waals surface area contributed by atoms with Gasteiger partial charge in [0.1, 0.15) is 0 Å². The second-order valence-electron chi connectivity index (χ2n) is 2.72. The molecule has 0 fully saturated rings. The van der Waals surface area contributed by atoms with Crippen molar-refractivity contribution >= 4 is 11.9 Å². The summed E-state index contributed by atoms with van der Waals surface area (Å²) in [7, 11) is 3.43. The Hall–Kier alpha value is -1.36. The lowest BCUT2D eigenvalue weighted by Gasteiger charge is -2.01. The van der Waals surface area contributed by atoms with Crippen molar-refractivity contribution in [2.75, 3.05) is 20.6 Å². The molecule has 0 radical (unpaired) electrons. The number of nitrogens with zero attached hydrogens (tertiary/aromatic N) is 1. The zero-order chi connectivity index (χ0) is 11.0. The summed E-state index contributed by atoms with van der Waals surface area (Å²) in [5.74, 6) is -1.72. The first-order valence-electron chi connectivity index (χ1n) is 3.52. The van der Waals surface area contributed by atoms with Gasteiger partial charge in [-0.25, -0.2) is 4.79 Å². The fourth-order valence-corrected chi connectivity index (χ4v) is 0.271. The molecule has 0 aliphatic rings. The van der Waals surface area contributed by atoms with Crippen molar-refractivity contribution in [1.29, 1.82) is 0 Å². The molecule has 2 N–H and O–H groups in total. The van der Waals surface area contributed by atoms with E-state index < -0.39 is 11.9 Å². The molecular formula is C8H15NO4. The third kappa shape index (κ3) is 18.0. The first-order valence-corrected chi connectivity index (χ1v) is 3.52. The van der Waals surface area contributed by atoms with Crippen LogP contribution in [0, 0.1) is 0 Å². The highest BCUT2D eigenvalue weighted by atomic mass is 16.4. The molecule has 0 atom stereocenters. The maximum absolute atomic E-state index is 9.77. The summed E-state index contributed by atoms with van der Waals surface area (Å²) >= 11 is 0. The van der Waals surface area contributed by atoms with Crippen LogP contribution in [0.15, 0.2) is 12.2 Å². The molecule has 0 aromatic heterocycles. The Morgan fingerprint density at radius 3 is 1.62 bits per heavy atom. The maximum atomic E-state index is 9.77. The highest BCUT2D eigenvalue weighted by Gasteiger charge is 1.94. The number of aliphatic carboxylic acids is 2. The Labute approximate surface area is 77.3 Å². The number of hydrogen-bond donors (Lipinski definition) is 2. The zero-order valence-corrected chi connectivity index (χ0v) is 8.07. The van der Waals surface area contributed by atoms with Gasteiger partial charge in [0.15, 0.2) is 0 Å². The molecule has 0 aliphatic heterocycles. The van der Waals surface area contributed by atoms with E-state index in [9.17, 15) is 9.59 Å². The SMILES string of the molecule is C=C(C)C(=O)O.CN(C)CC(=O)O. The summed E-state index contributed by atoms with van der Waals surface area (Å²) in [6.07, 6.45) is 0. The van der Waals surface area contributed by atoms with E-state index >= 15 is 0 Å². The van der Waals surface area contributed by atoms with E-state index in [-0.39, 0.29) is 12.1 Å². The van der Waals surface area contributed by atoms with Crippen LogP contribution in [0.3, 0.4) is 0 Å². The summed E-state index contributed by atoms with van der Waals surface area (Å²) in [4.78, 5) is 21.0. The van der Waals surface area contributed by atoms with E-state index in [1.807, 2.05) is 0 Å². The van der Waals surface area contributed by atoms with Gasteiger partial charge in [-0.15, -0.1) is 0 Å². The van der Waals surface area contributed by atoms with Crippen LogP contribution >= 0.6 is 0 Å². The van der Waals surface area contributed by atoms with E-state index in [0.717, 1.165) is 0 Å². The summed E-state index contributed by atoms with van der Waals surface area (Å²) in [6, 6.07) is 0. The molecule has 5 nitrogen and oxygen atoms in total. The monoisotopic (exact) mass is 189 g/mol. The van der Waals surface area contributed by atoms with Crippen LogP contribution in [0.5, 0.6) is 0 Å². The first kappa shape index (κ1) is 14.2. The molecular weight excluding hydrogens is 174 g/mol. The highest BCUT2D eigenvalue weighted by Crippen LogP contribution is 1.81. The largest absolute Gasteiger partial charge is 0.480 e. The number of carboxylic acid groups (broad SMARTS) is 2. The van der Waals surface area contributed by atoms with Crippen LogP contribution < -0.4 is 0 Å². The first-order chi connectivity index (χ1) is 5.77. The Morgan fingerprint density at radius 1 is 1.31 bits per heavy atom. The van der Waals surface area contributed by atoms with Gasteiger partial charge in [0.2, 0.25) is 0 Å². The van der Waals surface area contributed by atoms with Gasteiger partial charge < -0.3 is 10.2 Å². The number of hydrogen-bond acceptors (Lipinski definition) is 3. The zero-order valence-electron chi connectivity index (χ0n) is 8.07. The van der Waals surface area contributed by atoms with E-state index in [4.69, 9.17) is 10.2 Å². The van der Waals surface area contributed by atoms with Crippen molar-refractivity contribution in [3.05, 3.63) is 12.2 Å². The van der Waals surface area contributed by atoms with Crippen LogP contribution in [-0.2, 0) is 9.59 Å². The van der Waals surface area contributed by atoms with Crippen LogP contribution in [0.4, 0.5) is 0 Å². The van der Waals surface area contributed by atoms with Gasteiger partial charge in [0.05, 0.1) is 6.54 Å². The lowest BCUT2D eigenvalue weighted by Crippen LogP contribution is -2.20. The Morgan fingerprint density at radius 2 is 1.62 bits per heavy atom. The van der Waals surface area contributed by atoms with Crippen molar-refractivity contribution in [2.24, 2.45) is 0 Å². The third-order valence-electron chi connectivity index (χ3n) is 0.817. The standard InChI is InChI=1S/C4H9NO2.C4H6O2/c1-5(2)3-4(6)7;1-3(2)4(5)6/h3H2,1-2H3,(H,6,7);1H2,2H3,(H,5,6). The van der Waals surface area contributed by atoms with Crippen molar-refractivity contribution in [3.63, 3.8) is 0 Å². The summed E-state index contributed by atoms with van der Waals surface area (Å²) in [5.41, 5.74) is 0.176. The lowest BCUT2D eigenvalue weighted by atomic mass is 10.4. The highest BCUT2D eigenvalue weighted by molar-refractivity contribution is 5.84. The molecule has 76 valence electrons. The Bertz CT molecular complexity index is 186. The van der Waals surface area contributed by atoms with E-state index in [0.29, 0.717) is 0 Å². The molecule has 0 bridgehead atoms. The minimum Gasteiger partial charge on any atom is -0.480 e. The van der Waals surface area contributed by atoms with E-state index in [1.54, 1.807) is 19.0 Å². The average molecular weight is 189 g/mol. The predicted octanol–water partition coefficient (Wildman–Crippen LogP) is 0.280. The molecule has 0 aliphatic carbocycles. The molecule has 5 heteroatoms. The van der Waals surface area contributed by atoms with Gasteiger partial charge in [-0.05, 0) is 21.0 Å². The Balaban J connectivity index is 0. The Kier molecular flexibility index (Phi) is 7.96. The van der Waals surface area contributed by atoms with Crippen molar-refractivity contribution in [3.8, 4) is 0 Å². The van der Waals surface area contributed by atoms with Gasteiger partial charge in [0.25, 0.3) is 0 Å². The van der Waals surface area contributed by atoms with Crippen molar-refractivity contribution < 1.29 is 19.8 Å². The fourth-order valence-electron chi connectivity index (χ4n) is 0.271. The van der Waals surface area contributed by atoms with Gasteiger partial charge >= 0.3 is 11.9 Å². The summed E-state index contributed by atoms with van der Waals surface area (Å²) in [5, 5.41) is 15.9. The molecule has 0 saturated carbocycles. The number of carbonyl (C=O) groups is 2. The maximum Gasteiger partial charge on any atom is 0.330 e. The number of carboxylic acids is 2. The topological polar surface area (TPSA) is 77.8 Å². The van der Waals surface area contributed by atoms with Crippen LogP contribution in [0.2, 0.25) is 0 Å². The second kappa shape index (κ2) is 7.30. The minimum absolute atomic E-state index is 0.111. The summed E-state index contributed by atoms with van der Waals surface area (Å²) < 4.78 is 0. The summed E-state index contributed by atoms with van der Waals surface area (Å²) in [6.45, 7) is 4.71. The van der Waals surface area contributed by atoms with E-state index in [1.165, 1.54) is 6.92 Å². The molecule has 0 aromatic rings. The smallest absolute Gasteiger partial charge is 0.330 e. The quantitative estimate of drug-likeness (QED) is 0.623.